The van der Waals surface area contributed by atoms with Gasteiger partial charge in [-0.3, -0.25) is 14.5 Å². The van der Waals surface area contributed by atoms with E-state index < -0.39 is 0 Å². The van der Waals surface area contributed by atoms with Crippen LogP contribution in [0.15, 0.2) is 70.6 Å². The van der Waals surface area contributed by atoms with Gasteiger partial charge in [-0.15, -0.1) is 0 Å². The molecule has 0 atom stereocenters. The Kier molecular flexibility index (Phi) is 5.96. The van der Waals surface area contributed by atoms with Crippen molar-refractivity contribution in [1.29, 1.82) is 0 Å². The molecule has 4 nitrogen and oxygen atoms in total. The van der Waals surface area contributed by atoms with E-state index in [1.54, 1.807) is 12.2 Å². The van der Waals surface area contributed by atoms with Gasteiger partial charge in [0.1, 0.15) is 12.4 Å². The molecule has 0 radical (unpaired) electrons. The first-order valence-electron chi connectivity index (χ1n) is 7.90. The van der Waals surface area contributed by atoms with E-state index in [2.05, 4.69) is 22.5 Å². The van der Waals surface area contributed by atoms with E-state index in [1.807, 2.05) is 48.5 Å². The van der Waals surface area contributed by atoms with Crippen LogP contribution in [0.2, 0.25) is 0 Å². The highest BCUT2D eigenvalue weighted by Gasteiger charge is 2.34. The smallest absolute Gasteiger partial charge is 0.293 e. The zero-order chi connectivity index (χ0) is 18.5. The van der Waals surface area contributed by atoms with Gasteiger partial charge in [0.25, 0.3) is 11.1 Å². The molecule has 0 saturated carbocycles. The van der Waals surface area contributed by atoms with E-state index in [9.17, 15) is 9.59 Å². The average Bonchev–Trinajstić information content (AvgIpc) is 2.89. The number of carbonyl (C=O) groups excluding carboxylic acids is 2. The Balaban J connectivity index is 1.76. The minimum absolute atomic E-state index is 0.261. The highest BCUT2D eigenvalue weighted by molar-refractivity contribution is 9.10. The Hall–Kier alpha value is -2.31. The first-order valence-corrected chi connectivity index (χ1v) is 9.51. The molecule has 0 N–H and O–H groups in total. The summed E-state index contributed by atoms with van der Waals surface area (Å²) in [5, 5.41) is -0.261. The highest BCUT2D eigenvalue weighted by Crippen LogP contribution is 2.33. The molecule has 2 amide bonds. The van der Waals surface area contributed by atoms with Crippen molar-refractivity contribution in [2.24, 2.45) is 0 Å². The third kappa shape index (κ3) is 4.45. The summed E-state index contributed by atoms with van der Waals surface area (Å²) in [6.07, 6.45) is 3.38. The predicted octanol–water partition coefficient (Wildman–Crippen LogP) is 5.25. The first-order chi connectivity index (χ1) is 12.6. The lowest BCUT2D eigenvalue weighted by Crippen LogP contribution is -2.27. The largest absolute Gasteiger partial charge is 0.490 e. The number of benzene rings is 2. The molecule has 2 aromatic carbocycles. The van der Waals surface area contributed by atoms with Crippen molar-refractivity contribution < 1.29 is 14.3 Å². The van der Waals surface area contributed by atoms with Crippen molar-refractivity contribution in [3.05, 3.63) is 81.7 Å². The predicted molar refractivity (Wildman–Crippen MR) is 108 cm³/mol. The molecule has 0 aromatic heterocycles. The molecular formula is C20H16BrNO3S. The second-order valence-corrected chi connectivity index (χ2v) is 7.48. The molecule has 0 spiro atoms. The quantitative estimate of drug-likeness (QED) is 0.464. The van der Waals surface area contributed by atoms with Gasteiger partial charge in [-0.1, -0.05) is 52.9 Å². The highest BCUT2D eigenvalue weighted by atomic mass is 79.9. The van der Waals surface area contributed by atoms with Crippen LogP contribution in [-0.2, 0) is 11.3 Å². The number of amides is 2. The van der Waals surface area contributed by atoms with Crippen LogP contribution in [0.3, 0.4) is 0 Å². The Bertz CT molecular complexity index is 877. The monoisotopic (exact) mass is 429 g/mol. The molecule has 0 aliphatic carbocycles. The summed E-state index contributed by atoms with van der Waals surface area (Å²) in [5.41, 5.74) is 1.71. The molecule has 132 valence electrons. The van der Waals surface area contributed by atoms with Gasteiger partial charge in [0.05, 0.1) is 11.4 Å². The van der Waals surface area contributed by atoms with Crippen molar-refractivity contribution in [2.45, 2.75) is 6.54 Å². The van der Waals surface area contributed by atoms with E-state index in [0.717, 1.165) is 27.4 Å². The fourth-order valence-electron chi connectivity index (χ4n) is 2.41. The summed E-state index contributed by atoms with van der Waals surface area (Å²) >= 11 is 4.33. The van der Waals surface area contributed by atoms with Crippen molar-refractivity contribution in [3.8, 4) is 5.75 Å². The fraction of sp³-hybridized carbons (Fsp3) is 0.100. The zero-order valence-electron chi connectivity index (χ0n) is 13.9. The van der Waals surface area contributed by atoms with Crippen LogP contribution in [-0.4, -0.2) is 22.7 Å². The maximum Gasteiger partial charge on any atom is 0.293 e. The number of hydrogen-bond donors (Lipinski definition) is 0. The number of thioether (sulfide) groups is 1. The molecule has 0 unspecified atom stereocenters. The number of imide groups is 1. The molecular weight excluding hydrogens is 414 g/mol. The second kappa shape index (κ2) is 8.38. The number of rotatable bonds is 6. The summed E-state index contributed by atoms with van der Waals surface area (Å²) in [4.78, 5) is 26.5. The van der Waals surface area contributed by atoms with Gasteiger partial charge in [-0.2, -0.15) is 0 Å². The SMILES string of the molecule is C=CCOc1cccc(/C=C2/SC(=O)N(Cc3ccc(Br)cc3)C2=O)c1. The number of hydrogen-bond acceptors (Lipinski definition) is 4. The number of nitrogens with zero attached hydrogens (tertiary/aromatic N) is 1. The van der Waals surface area contributed by atoms with E-state index in [0.29, 0.717) is 17.3 Å². The lowest BCUT2D eigenvalue weighted by atomic mass is 10.2. The van der Waals surface area contributed by atoms with Crippen molar-refractivity contribution >= 4 is 44.9 Å². The van der Waals surface area contributed by atoms with Gasteiger partial charge in [0.15, 0.2) is 0 Å². The van der Waals surface area contributed by atoms with E-state index in [-0.39, 0.29) is 17.7 Å². The number of carbonyl (C=O) groups is 2. The molecule has 3 rings (SSSR count). The Morgan fingerprint density at radius 1 is 1.15 bits per heavy atom. The second-order valence-electron chi connectivity index (χ2n) is 5.57. The number of ether oxygens (including phenoxy) is 1. The molecule has 1 fully saturated rings. The average molecular weight is 430 g/mol. The molecule has 1 saturated heterocycles. The van der Waals surface area contributed by atoms with Crippen LogP contribution in [0.4, 0.5) is 4.79 Å². The van der Waals surface area contributed by atoms with Gasteiger partial charge < -0.3 is 4.74 Å². The van der Waals surface area contributed by atoms with Crippen molar-refractivity contribution in [3.63, 3.8) is 0 Å². The lowest BCUT2D eigenvalue weighted by molar-refractivity contribution is -0.123. The normalized spacial score (nSPS) is 15.6. The summed E-state index contributed by atoms with van der Waals surface area (Å²) in [5.74, 6) is 0.410. The Morgan fingerprint density at radius 2 is 1.92 bits per heavy atom. The van der Waals surface area contributed by atoms with E-state index in [4.69, 9.17) is 4.74 Å². The van der Waals surface area contributed by atoms with Crippen LogP contribution in [0.1, 0.15) is 11.1 Å². The summed E-state index contributed by atoms with van der Waals surface area (Å²) in [6, 6.07) is 14.9. The molecule has 1 aliphatic rings. The third-order valence-corrected chi connectivity index (χ3v) is 5.09. The Morgan fingerprint density at radius 3 is 2.65 bits per heavy atom. The van der Waals surface area contributed by atoms with Crippen LogP contribution in [0.25, 0.3) is 6.08 Å². The Labute approximate surface area is 164 Å². The minimum Gasteiger partial charge on any atom is -0.490 e. The number of halogens is 1. The maximum absolute atomic E-state index is 12.6. The van der Waals surface area contributed by atoms with Crippen LogP contribution in [0, 0.1) is 0 Å². The van der Waals surface area contributed by atoms with Crippen LogP contribution < -0.4 is 4.74 Å². The standard InChI is InChI=1S/C20H16BrNO3S/c1-2-10-25-17-5-3-4-15(11-17)12-18-19(23)22(20(24)26-18)13-14-6-8-16(21)9-7-14/h2-9,11-12H,1,10,13H2/b18-12+. The van der Waals surface area contributed by atoms with Gasteiger partial charge in [0.2, 0.25) is 0 Å². The van der Waals surface area contributed by atoms with Crippen LogP contribution >= 0.6 is 27.7 Å². The third-order valence-electron chi connectivity index (χ3n) is 3.65. The van der Waals surface area contributed by atoms with Gasteiger partial charge in [-0.25, -0.2) is 0 Å². The van der Waals surface area contributed by atoms with Crippen LogP contribution in [0.5, 0.6) is 5.75 Å². The van der Waals surface area contributed by atoms with E-state index >= 15 is 0 Å². The first kappa shape index (κ1) is 18.5. The molecule has 6 heteroatoms. The van der Waals surface area contributed by atoms with Gasteiger partial charge in [0, 0.05) is 4.47 Å². The van der Waals surface area contributed by atoms with Crippen molar-refractivity contribution in [1.82, 2.24) is 4.90 Å². The molecule has 26 heavy (non-hydrogen) atoms. The lowest BCUT2D eigenvalue weighted by Gasteiger charge is -2.12. The summed E-state index contributed by atoms with van der Waals surface area (Å²) < 4.78 is 6.45. The maximum atomic E-state index is 12.6. The topological polar surface area (TPSA) is 46.6 Å². The van der Waals surface area contributed by atoms with Gasteiger partial charge >= 0.3 is 0 Å². The fourth-order valence-corrected chi connectivity index (χ4v) is 3.51. The molecule has 1 heterocycles. The summed E-state index contributed by atoms with van der Waals surface area (Å²) in [6.45, 7) is 4.29. The zero-order valence-corrected chi connectivity index (χ0v) is 16.3. The molecule has 1 aliphatic heterocycles. The van der Waals surface area contributed by atoms with Gasteiger partial charge in [-0.05, 0) is 53.2 Å². The molecule has 2 aromatic rings. The minimum atomic E-state index is -0.277. The molecule has 0 bridgehead atoms. The van der Waals surface area contributed by atoms with Crippen molar-refractivity contribution in [2.75, 3.05) is 6.61 Å². The van der Waals surface area contributed by atoms with E-state index in [1.165, 1.54) is 4.90 Å². The summed E-state index contributed by atoms with van der Waals surface area (Å²) in [7, 11) is 0.